The second-order valence-corrected chi connectivity index (χ2v) is 6.63. The number of nitrogens with one attached hydrogen (secondary N) is 1. The number of aryl methyl sites for hydroxylation is 1. The van der Waals surface area contributed by atoms with Crippen molar-refractivity contribution in [3.63, 3.8) is 0 Å². The van der Waals surface area contributed by atoms with Gasteiger partial charge >= 0.3 is 0 Å². The zero-order chi connectivity index (χ0) is 15.9. The van der Waals surface area contributed by atoms with E-state index in [-0.39, 0.29) is 22.7 Å². The van der Waals surface area contributed by atoms with Crippen molar-refractivity contribution in [2.45, 2.75) is 38.0 Å². The molecule has 0 radical (unpaired) electrons. The molecule has 0 aliphatic heterocycles. The minimum absolute atomic E-state index is 0.0224. The van der Waals surface area contributed by atoms with E-state index in [1.807, 2.05) is 0 Å². The molecule has 0 saturated heterocycles. The standard InChI is InChI=1S/C14H23FN2O3S/c1-3-4-7-20-8-5-6-17-21(18,19)12-9-11(2)14(15)13(16)10-12/h9-10,17H,3-8,16H2,1-2H3. The number of halogens is 1. The van der Waals surface area contributed by atoms with Crippen molar-refractivity contribution in [3.8, 4) is 0 Å². The van der Waals surface area contributed by atoms with Crippen LogP contribution in [0.1, 0.15) is 31.7 Å². The van der Waals surface area contributed by atoms with Gasteiger partial charge in [-0.2, -0.15) is 0 Å². The van der Waals surface area contributed by atoms with Crippen molar-refractivity contribution in [3.05, 3.63) is 23.5 Å². The van der Waals surface area contributed by atoms with Crippen LogP contribution in [-0.2, 0) is 14.8 Å². The smallest absolute Gasteiger partial charge is 0.240 e. The molecule has 0 bridgehead atoms. The summed E-state index contributed by atoms with van der Waals surface area (Å²) in [4.78, 5) is -0.0224. The van der Waals surface area contributed by atoms with Crippen molar-refractivity contribution in [2.75, 3.05) is 25.5 Å². The summed E-state index contributed by atoms with van der Waals surface area (Å²) in [6, 6.07) is 2.40. The van der Waals surface area contributed by atoms with Gasteiger partial charge in [-0.25, -0.2) is 17.5 Å². The largest absolute Gasteiger partial charge is 0.396 e. The van der Waals surface area contributed by atoms with Gasteiger partial charge in [0, 0.05) is 19.8 Å². The van der Waals surface area contributed by atoms with E-state index >= 15 is 0 Å². The number of anilines is 1. The van der Waals surface area contributed by atoms with Crippen LogP contribution in [0.25, 0.3) is 0 Å². The van der Waals surface area contributed by atoms with Crippen molar-refractivity contribution in [1.29, 1.82) is 0 Å². The molecule has 0 spiro atoms. The van der Waals surface area contributed by atoms with Crippen LogP contribution in [0, 0.1) is 12.7 Å². The van der Waals surface area contributed by atoms with Crippen LogP contribution in [-0.4, -0.2) is 28.2 Å². The lowest BCUT2D eigenvalue weighted by molar-refractivity contribution is 0.130. The Morgan fingerprint density at radius 3 is 2.57 bits per heavy atom. The number of hydrogen-bond donors (Lipinski definition) is 2. The van der Waals surface area contributed by atoms with Crippen LogP contribution in [0.15, 0.2) is 17.0 Å². The third-order valence-corrected chi connectivity index (χ3v) is 4.41. The second-order valence-electron chi connectivity index (χ2n) is 4.86. The summed E-state index contributed by atoms with van der Waals surface area (Å²) in [5.41, 5.74) is 5.49. The molecule has 0 amide bonds. The minimum Gasteiger partial charge on any atom is -0.396 e. The predicted molar refractivity (Wildman–Crippen MR) is 81.1 cm³/mol. The van der Waals surface area contributed by atoms with Crippen molar-refractivity contribution < 1.29 is 17.5 Å². The Morgan fingerprint density at radius 1 is 1.29 bits per heavy atom. The quantitative estimate of drug-likeness (QED) is 0.540. The third-order valence-electron chi connectivity index (χ3n) is 2.97. The highest BCUT2D eigenvalue weighted by Gasteiger charge is 2.16. The minimum atomic E-state index is -3.67. The van der Waals surface area contributed by atoms with Gasteiger partial charge in [-0.05, 0) is 37.5 Å². The Kier molecular flexibility index (Phi) is 7.07. The van der Waals surface area contributed by atoms with Gasteiger partial charge in [0.1, 0.15) is 5.82 Å². The Bertz CT molecular complexity index is 538. The van der Waals surface area contributed by atoms with Crippen LogP contribution in [0.2, 0.25) is 0 Å². The fourth-order valence-electron chi connectivity index (χ4n) is 1.73. The molecule has 0 fully saturated rings. The Hall–Kier alpha value is -1.18. The highest BCUT2D eigenvalue weighted by molar-refractivity contribution is 7.89. The van der Waals surface area contributed by atoms with Crippen molar-refractivity contribution >= 4 is 15.7 Å². The summed E-state index contributed by atoms with van der Waals surface area (Å²) in [7, 11) is -3.67. The van der Waals surface area contributed by atoms with Crippen LogP contribution in [0.3, 0.4) is 0 Å². The molecular formula is C14H23FN2O3S. The number of nitrogen functional groups attached to an aromatic ring is 1. The lowest BCUT2D eigenvalue weighted by atomic mass is 10.2. The van der Waals surface area contributed by atoms with Gasteiger partial charge in [-0.1, -0.05) is 13.3 Å². The molecule has 0 aromatic heterocycles. The number of hydrogen-bond acceptors (Lipinski definition) is 4. The fraction of sp³-hybridized carbons (Fsp3) is 0.571. The van der Waals surface area contributed by atoms with E-state index < -0.39 is 15.8 Å². The highest BCUT2D eigenvalue weighted by Crippen LogP contribution is 2.20. The first-order chi connectivity index (χ1) is 9.88. The summed E-state index contributed by atoms with van der Waals surface area (Å²) < 4.78 is 45.3. The highest BCUT2D eigenvalue weighted by atomic mass is 32.2. The summed E-state index contributed by atoms with van der Waals surface area (Å²) in [6.45, 7) is 5.02. The van der Waals surface area contributed by atoms with Gasteiger partial charge in [-0.15, -0.1) is 0 Å². The van der Waals surface area contributed by atoms with Crippen molar-refractivity contribution in [1.82, 2.24) is 4.72 Å². The van der Waals surface area contributed by atoms with Gasteiger partial charge in [0.2, 0.25) is 10.0 Å². The molecule has 7 heteroatoms. The molecule has 1 rings (SSSR count). The van der Waals surface area contributed by atoms with Gasteiger partial charge in [0.25, 0.3) is 0 Å². The first-order valence-corrected chi connectivity index (χ1v) is 8.50. The molecule has 5 nitrogen and oxygen atoms in total. The number of ether oxygens (including phenoxy) is 1. The molecule has 0 aliphatic rings. The molecule has 0 aliphatic carbocycles. The van der Waals surface area contributed by atoms with Gasteiger partial charge in [0.15, 0.2) is 0 Å². The van der Waals surface area contributed by atoms with E-state index in [2.05, 4.69) is 11.6 Å². The Balaban J connectivity index is 2.51. The van der Waals surface area contributed by atoms with E-state index in [1.54, 1.807) is 0 Å². The van der Waals surface area contributed by atoms with E-state index in [1.165, 1.54) is 13.0 Å². The number of nitrogens with two attached hydrogens (primary N) is 1. The topological polar surface area (TPSA) is 81.4 Å². The van der Waals surface area contributed by atoms with Gasteiger partial charge in [0.05, 0.1) is 10.6 Å². The van der Waals surface area contributed by atoms with Gasteiger partial charge < -0.3 is 10.5 Å². The number of unbranched alkanes of at least 4 members (excludes halogenated alkanes) is 1. The zero-order valence-corrected chi connectivity index (χ0v) is 13.3. The van der Waals surface area contributed by atoms with Crippen LogP contribution >= 0.6 is 0 Å². The number of benzene rings is 1. The molecule has 0 atom stereocenters. The summed E-state index contributed by atoms with van der Waals surface area (Å²) in [6.07, 6.45) is 2.65. The molecule has 0 saturated carbocycles. The number of sulfonamides is 1. The lowest BCUT2D eigenvalue weighted by Crippen LogP contribution is -2.26. The molecule has 120 valence electrons. The van der Waals surface area contributed by atoms with Crippen LogP contribution < -0.4 is 10.5 Å². The molecule has 0 heterocycles. The predicted octanol–water partition coefficient (Wildman–Crippen LogP) is 2.20. The average molecular weight is 318 g/mol. The summed E-state index contributed by atoms with van der Waals surface area (Å²) in [5.74, 6) is -0.585. The maximum Gasteiger partial charge on any atom is 0.240 e. The maximum atomic E-state index is 13.4. The van der Waals surface area contributed by atoms with E-state index in [9.17, 15) is 12.8 Å². The lowest BCUT2D eigenvalue weighted by Gasteiger charge is -2.09. The maximum absolute atomic E-state index is 13.4. The Labute approximate surface area is 125 Å². The molecule has 1 aromatic carbocycles. The molecular weight excluding hydrogens is 295 g/mol. The third kappa shape index (κ3) is 5.61. The monoisotopic (exact) mass is 318 g/mol. The normalized spacial score (nSPS) is 11.8. The first-order valence-electron chi connectivity index (χ1n) is 7.01. The van der Waals surface area contributed by atoms with Crippen molar-refractivity contribution in [2.24, 2.45) is 0 Å². The molecule has 0 unspecified atom stereocenters. The molecule has 3 N–H and O–H groups in total. The molecule has 1 aromatic rings. The second kappa shape index (κ2) is 8.31. The zero-order valence-electron chi connectivity index (χ0n) is 12.5. The van der Waals surface area contributed by atoms with E-state index in [0.29, 0.717) is 19.6 Å². The van der Waals surface area contributed by atoms with E-state index in [0.717, 1.165) is 18.9 Å². The first kappa shape index (κ1) is 17.9. The summed E-state index contributed by atoms with van der Waals surface area (Å²) in [5, 5.41) is 0. The summed E-state index contributed by atoms with van der Waals surface area (Å²) >= 11 is 0. The van der Waals surface area contributed by atoms with E-state index in [4.69, 9.17) is 10.5 Å². The van der Waals surface area contributed by atoms with Crippen LogP contribution in [0.5, 0.6) is 0 Å². The molecule has 21 heavy (non-hydrogen) atoms. The average Bonchev–Trinajstić information content (AvgIpc) is 2.43. The Morgan fingerprint density at radius 2 is 1.95 bits per heavy atom. The fourth-order valence-corrected chi connectivity index (χ4v) is 2.92. The van der Waals surface area contributed by atoms with Crippen LogP contribution in [0.4, 0.5) is 10.1 Å². The SMILES string of the molecule is CCCCOCCCNS(=O)(=O)c1cc(C)c(F)c(N)c1. The van der Waals surface area contributed by atoms with Gasteiger partial charge in [-0.3, -0.25) is 0 Å². The number of rotatable bonds is 9.